The summed E-state index contributed by atoms with van der Waals surface area (Å²) in [5.74, 6) is 1.66. The topological polar surface area (TPSA) is 94.2 Å². The van der Waals surface area contributed by atoms with Gasteiger partial charge in [-0.2, -0.15) is 0 Å². The van der Waals surface area contributed by atoms with Gasteiger partial charge in [-0.1, -0.05) is 12.1 Å². The lowest BCUT2D eigenvalue weighted by atomic mass is 10.1. The molecule has 184 valence electrons. The lowest BCUT2D eigenvalue weighted by Crippen LogP contribution is -2.35. The van der Waals surface area contributed by atoms with Crippen molar-refractivity contribution in [3.63, 3.8) is 0 Å². The zero-order valence-electron chi connectivity index (χ0n) is 19.9. The van der Waals surface area contributed by atoms with E-state index in [1.807, 2.05) is 26.0 Å². The molecule has 1 heterocycles. The van der Waals surface area contributed by atoms with Gasteiger partial charge >= 0.3 is 0 Å². The molecule has 35 heavy (non-hydrogen) atoms. The molecule has 0 atom stereocenters. The predicted octanol–water partition coefficient (Wildman–Crippen LogP) is 3.94. The first-order chi connectivity index (χ1) is 16.8. The number of fused-ring (bicyclic) bond motifs is 1. The average molecular weight is 497 g/mol. The van der Waals surface area contributed by atoms with E-state index in [0.29, 0.717) is 29.5 Å². The van der Waals surface area contributed by atoms with Crippen molar-refractivity contribution in [2.45, 2.75) is 31.7 Å². The summed E-state index contributed by atoms with van der Waals surface area (Å²) in [6.07, 6.45) is -0.0132. The van der Waals surface area contributed by atoms with Gasteiger partial charge in [0.05, 0.1) is 17.7 Å². The summed E-state index contributed by atoms with van der Waals surface area (Å²) in [4.78, 5) is 12.8. The lowest BCUT2D eigenvalue weighted by molar-refractivity contribution is -0.121. The molecule has 0 radical (unpaired) electrons. The average Bonchev–Trinajstić information content (AvgIpc) is 3.32. The van der Waals surface area contributed by atoms with E-state index in [0.717, 1.165) is 16.7 Å². The van der Waals surface area contributed by atoms with E-state index < -0.39 is 10.0 Å². The van der Waals surface area contributed by atoms with Crippen LogP contribution in [-0.4, -0.2) is 34.8 Å². The van der Waals surface area contributed by atoms with Crippen molar-refractivity contribution in [1.82, 2.24) is 5.32 Å². The van der Waals surface area contributed by atoms with Gasteiger partial charge in [0.2, 0.25) is 12.7 Å². The molecule has 8 nitrogen and oxygen atoms in total. The summed E-state index contributed by atoms with van der Waals surface area (Å²) in [5, 5.41) is 2.85. The molecule has 4 rings (SSSR count). The third-order valence-electron chi connectivity index (χ3n) is 5.90. The summed E-state index contributed by atoms with van der Waals surface area (Å²) in [7, 11) is -2.36. The maximum Gasteiger partial charge on any atom is 0.264 e. The summed E-state index contributed by atoms with van der Waals surface area (Å²) in [5.41, 5.74) is 3.19. The Morgan fingerprint density at radius 1 is 0.971 bits per heavy atom. The number of rotatable bonds is 9. The molecule has 0 unspecified atom stereocenters. The number of carbonyl (C=O) groups is 1. The number of nitrogens with zero attached hydrogens (tertiary/aromatic N) is 1. The van der Waals surface area contributed by atoms with Gasteiger partial charge in [0.1, 0.15) is 5.75 Å². The van der Waals surface area contributed by atoms with Crippen LogP contribution in [0.5, 0.6) is 17.2 Å². The number of hydrogen-bond acceptors (Lipinski definition) is 6. The summed E-state index contributed by atoms with van der Waals surface area (Å²) in [6, 6.07) is 17.2. The highest BCUT2D eigenvalue weighted by Gasteiger charge is 2.26. The molecular weight excluding hydrogens is 468 g/mol. The van der Waals surface area contributed by atoms with Crippen LogP contribution in [-0.2, 0) is 21.4 Å². The molecule has 1 N–H and O–H groups in total. The Morgan fingerprint density at radius 3 is 2.43 bits per heavy atom. The van der Waals surface area contributed by atoms with Crippen LogP contribution >= 0.6 is 0 Å². The smallest absolute Gasteiger partial charge is 0.264 e. The number of ether oxygens (including phenoxy) is 3. The number of amides is 1. The van der Waals surface area contributed by atoms with E-state index in [1.54, 1.807) is 55.6 Å². The number of anilines is 1. The van der Waals surface area contributed by atoms with Crippen LogP contribution in [0.25, 0.3) is 0 Å². The fraction of sp³-hybridized carbons (Fsp3) is 0.269. The largest absolute Gasteiger partial charge is 0.497 e. The fourth-order valence-electron chi connectivity index (χ4n) is 3.68. The predicted molar refractivity (Wildman–Crippen MR) is 132 cm³/mol. The monoisotopic (exact) mass is 496 g/mol. The normalized spacial score (nSPS) is 12.3. The number of sulfonamides is 1. The summed E-state index contributed by atoms with van der Waals surface area (Å²) < 4.78 is 44.3. The van der Waals surface area contributed by atoms with Crippen molar-refractivity contribution in [2.24, 2.45) is 0 Å². The molecule has 0 spiro atoms. The van der Waals surface area contributed by atoms with Crippen molar-refractivity contribution in [3.05, 3.63) is 77.4 Å². The lowest BCUT2D eigenvalue weighted by Gasteiger charge is -2.25. The highest BCUT2D eigenvalue weighted by molar-refractivity contribution is 7.92. The third kappa shape index (κ3) is 5.51. The maximum absolute atomic E-state index is 13.6. The first kappa shape index (κ1) is 24.4. The number of nitrogens with one attached hydrogen (secondary N) is 1. The first-order valence-electron chi connectivity index (χ1n) is 11.2. The third-order valence-corrected chi connectivity index (χ3v) is 7.72. The van der Waals surface area contributed by atoms with Gasteiger partial charge in [0.15, 0.2) is 11.5 Å². The van der Waals surface area contributed by atoms with Gasteiger partial charge in [0, 0.05) is 19.5 Å². The molecule has 0 saturated heterocycles. The standard InChI is InChI=1S/C26H28N2O6S/c1-18-4-10-23(14-19(18)2)35(30,31)28(21-6-8-22(32-3)9-7-21)13-12-26(29)27-16-20-5-11-24-25(15-20)34-17-33-24/h4-11,14-15H,12-13,16-17H2,1-3H3,(H,27,29). The quantitative estimate of drug-likeness (QED) is 0.482. The highest BCUT2D eigenvalue weighted by Crippen LogP contribution is 2.32. The van der Waals surface area contributed by atoms with E-state index in [1.165, 1.54) is 4.31 Å². The zero-order chi connectivity index (χ0) is 25.0. The Hall–Kier alpha value is -3.72. The Kier molecular flexibility index (Phi) is 7.16. The van der Waals surface area contributed by atoms with Crippen molar-refractivity contribution in [3.8, 4) is 17.2 Å². The Balaban J connectivity index is 1.49. The van der Waals surface area contributed by atoms with Gasteiger partial charge < -0.3 is 19.5 Å². The Morgan fingerprint density at radius 2 is 1.71 bits per heavy atom. The molecule has 9 heteroatoms. The molecule has 3 aromatic carbocycles. The van der Waals surface area contributed by atoms with E-state index in [2.05, 4.69) is 5.32 Å². The number of hydrogen-bond donors (Lipinski definition) is 1. The second-order valence-corrected chi connectivity index (χ2v) is 10.1. The minimum Gasteiger partial charge on any atom is -0.497 e. The summed E-state index contributed by atoms with van der Waals surface area (Å²) in [6.45, 7) is 4.25. The van der Waals surface area contributed by atoms with Crippen molar-refractivity contribution in [1.29, 1.82) is 0 Å². The number of aryl methyl sites for hydroxylation is 2. The molecule has 0 fully saturated rings. The van der Waals surface area contributed by atoms with E-state index in [9.17, 15) is 13.2 Å². The molecule has 0 saturated carbocycles. The molecule has 0 aliphatic carbocycles. The second-order valence-electron chi connectivity index (χ2n) is 8.24. The molecule has 0 aromatic heterocycles. The van der Waals surface area contributed by atoms with Crippen LogP contribution in [0.4, 0.5) is 5.69 Å². The van der Waals surface area contributed by atoms with Gasteiger partial charge in [-0.3, -0.25) is 9.10 Å². The van der Waals surface area contributed by atoms with Crippen LogP contribution in [0.2, 0.25) is 0 Å². The highest BCUT2D eigenvalue weighted by atomic mass is 32.2. The molecule has 1 aliphatic rings. The Bertz CT molecular complexity index is 1320. The minimum absolute atomic E-state index is 0.0132. The molecular formula is C26H28N2O6S. The number of carbonyl (C=O) groups excluding carboxylic acids is 1. The van der Waals surface area contributed by atoms with Crippen LogP contribution in [0.3, 0.4) is 0 Å². The van der Waals surface area contributed by atoms with Crippen LogP contribution in [0.15, 0.2) is 65.6 Å². The Labute approximate surface area is 205 Å². The van der Waals surface area contributed by atoms with E-state index >= 15 is 0 Å². The zero-order valence-corrected chi connectivity index (χ0v) is 20.7. The minimum atomic E-state index is -3.90. The van der Waals surface area contributed by atoms with Crippen LogP contribution in [0, 0.1) is 13.8 Å². The van der Waals surface area contributed by atoms with Gasteiger partial charge in [-0.15, -0.1) is 0 Å². The van der Waals surface area contributed by atoms with Crippen molar-refractivity contribution < 1.29 is 27.4 Å². The number of benzene rings is 3. The molecule has 1 aliphatic heterocycles. The van der Waals surface area contributed by atoms with Crippen LogP contribution < -0.4 is 23.8 Å². The van der Waals surface area contributed by atoms with Gasteiger partial charge in [-0.25, -0.2) is 8.42 Å². The molecule has 1 amide bonds. The number of methoxy groups -OCH3 is 1. The SMILES string of the molecule is COc1ccc(N(CCC(=O)NCc2ccc3c(c2)OCO3)S(=O)(=O)c2ccc(C)c(C)c2)cc1. The van der Waals surface area contributed by atoms with E-state index in [4.69, 9.17) is 14.2 Å². The van der Waals surface area contributed by atoms with Crippen molar-refractivity contribution >= 4 is 21.6 Å². The second kappa shape index (κ2) is 10.3. The summed E-state index contributed by atoms with van der Waals surface area (Å²) >= 11 is 0. The molecule has 3 aromatic rings. The van der Waals surface area contributed by atoms with Crippen molar-refractivity contribution in [2.75, 3.05) is 24.8 Å². The first-order valence-corrected chi connectivity index (χ1v) is 12.6. The molecule has 0 bridgehead atoms. The van der Waals surface area contributed by atoms with Gasteiger partial charge in [0.25, 0.3) is 10.0 Å². The van der Waals surface area contributed by atoms with Gasteiger partial charge in [-0.05, 0) is 79.1 Å². The van der Waals surface area contributed by atoms with Crippen LogP contribution in [0.1, 0.15) is 23.1 Å². The fourth-order valence-corrected chi connectivity index (χ4v) is 5.23. The maximum atomic E-state index is 13.6. The van der Waals surface area contributed by atoms with E-state index in [-0.39, 0.29) is 30.6 Å².